The average Bonchev–Trinajstić information content (AvgIpc) is 3.45. The zero-order valence-electron chi connectivity index (χ0n) is 20.3. The lowest BCUT2D eigenvalue weighted by Crippen LogP contribution is -2.31. The summed E-state index contributed by atoms with van der Waals surface area (Å²) < 4.78 is 5.21. The van der Waals surface area contributed by atoms with Gasteiger partial charge in [-0.2, -0.15) is 0 Å². The molecule has 1 saturated heterocycles. The Morgan fingerprint density at radius 3 is 2.42 bits per heavy atom. The predicted octanol–water partition coefficient (Wildman–Crippen LogP) is 5.40. The fourth-order valence-electron chi connectivity index (χ4n) is 4.88. The number of aliphatic hydroxyl groups is 1. The van der Waals surface area contributed by atoms with Crippen LogP contribution in [0, 0.1) is 0 Å². The molecule has 2 heterocycles. The van der Waals surface area contributed by atoms with Gasteiger partial charge in [0, 0.05) is 29.2 Å². The molecule has 1 aliphatic rings. The van der Waals surface area contributed by atoms with Crippen LogP contribution in [0.15, 0.2) is 84.6 Å². The molecular weight excluding hydrogens is 452 g/mol. The Morgan fingerprint density at radius 1 is 1.00 bits per heavy atom. The number of ether oxygens (including phenoxy) is 1. The van der Waals surface area contributed by atoms with E-state index in [2.05, 4.69) is 11.9 Å². The zero-order chi connectivity index (χ0) is 25.2. The number of carbonyl (C=O) groups is 2. The minimum Gasteiger partial charge on any atom is -0.507 e. The maximum absolute atomic E-state index is 13.3. The van der Waals surface area contributed by atoms with Crippen molar-refractivity contribution in [3.8, 4) is 5.75 Å². The van der Waals surface area contributed by atoms with Gasteiger partial charge in [-0.25, -0.2) is 0 Å². The van der Waals surface area contributed by atoms with E-state index in [9.17, 15) is 14.7 Å². The molecule has 0 saturated carbocycles. The molecule has 3 aromatic carbocycles. The molecule has 2 N–H and O–H groups in total. The Bertz CT molecular complexity index is 1450. The van der Waals surface area contributed by atoms with Gasteiger partial charge in [-0.15, -0.1) is 0 Å². The van der Waals surface area contributed by atoms with E-state index in [4.69, 9.17) is 4.74 Å². The van der Waals surface area contributed by atoms with E-state index in [0.717, 1.165) is 34.0 Å². The van der Waals surface area contributed by atoms with Gasteiger partial charge in [0.1, 0.15) is 11.5 Å². The van der Waals surface area contributed by atoms with Crippen molar-refractivity contribution in [3.63, 3.8) is 0 Å². The van der Waals surface area contributed by atoms with Gasteiger partial charge in [-0.05, 0) is 59.9 Å². The minimum absolute atomic E-state index is 0.105. The average molecular weight is 481 g/mol. The lowest BCUT2D eigenvalue weighted by molar-refractivity contribution is -0.139. The van der Waals surface area contributed by atoms with Crippen LogP contribution in [0.3, 0.4) is 0 Å². The molecule has 1 fully saturated rings. The Balaban J connectivity index is 1.55. The first-order chi connectivity index (χ1) is 17.5. The van der Waals surface area contributed by atoms with Crippen molar-refractivity contribution in [1.29, 1.82) is 0 Å². The molecule has 0 spiro atoms. The van der Waals surface area contributed by atoms with E-state index in [0.29, 0.717) is 24.3 Å². The molecule has 0 aliphatic carbocycles. The molecule has 1 aliphatic heterocycles. The summed E-state index contributed by atoms with van der Waals surface area (Å²) in [5.41, 5.74) is 4.61. The first-order valence-electron chi connectivity index (χ1n) is 12.1. The molecule has 1 amide bonds. The highest BCUT2D eigenvalue weighted by Gasteiger charge is 2.45. The third kappa shape index (κ3) is 4.15. The number of hydrogen-bond acceptors (Lipinski definition) is 4. The fraction of sp³-hybridized carbons (Fsp3) is 0.200. The number of rotatable bonds is 7. The summed E-state index contributed by atoms with van der Waals surface area (Å²) in [5, 5.41) is 12.3. The molecule has 36 heavy (non-hydrogen) atoms. The quantitative estimate of drug-likeness (QED) is 0.211. The second-order valence-electron chi connectivity index (χ2n) is 8.93. The van der Waals surface area contributed by atoms with E-state index >= 15 is 0 Å². The lowest BCUT2D eigenvalue weighted by Gasteiger charge is -2.25. The van der Waals surface area contributed by atoms with Gasteiger partial charge in [0.2, 0.25) is 0 Å². The van der Waals surface area contributed by atoms with Crippen molar-refractivity contribution in [2.45, 2.75) is 25.8 Å². The number of benzene rings is 3. The van der Waals surface area contributed by atoms with Crippen LogP contribution in [-0.4, -0.2) is 40.3 Å². The van der Waals surface area contributed by atoms with Crippen molar-refractivity contribution in [2.75, 3.05) is 13.7 Å². The molecule has 0 radical (unpaired) electrons. The number of para-hydroxylation sites is 1. The van der Waals surface area contributed by atoms with Gasteiger partial charge >= 0.3 is 0 Å². The summed E-state index contributed by atoms with van der Waals surface area (Å²) in [6, 6.07) is 22.0. The fourth-order valence-corrected chi connectivity index (χ4v) is 4.88. The zero-order valence-corrected chi connectivity index (χ0v) is 20.3. The number of amides is 1. The smallest absolute Gasteiger partial charge is 0.295 e. The summed E-state index contributed by atoms with van der Waals surface area (Å²) in [7, 11) is 1.56. The molecular formula is C30H28N2O4. The molecule has 4 aromatic rings. The summed E-state index contributed by atoms with van der Waals surface area (Å²) in [4.78, 5) is 31.4. The number of nitrogens with one attached hydrogen (secondary N) is 1. The van der Waals surface area contributed by atoms with Gasteiger partial charge in [0.05, 0.1) is 18.7 Å². The summed E-state index contributed by atoms with van der Waals surface area (Å²) in [6.45, 7) is 2.41. The van der Waals surface area contributed by atoms with Crippen LogP contribution >= 0.6 is 0 Å². The van der Waals surface area contributed by atoms with Crippen LogP contribution < -0.4 is 4.74 Å². The van der Waals surface area contributed by atoms with Gasteiger partial charge in [0.25, 0.3) is 11.7 Å². The van der Waals surface area contributed by atoms with Crippen LogP contribution in [0.25, 0.3) is 16.7 Å². The number of aromatic nitrogens is 1. The van der Waals surface area contributed by atoms with Crippen molar-refractivity contribution in [1.82, 2.24) is 9.88 Å². The summed E-state index contributed by atoms with van der Waals surface area (Å²) >= 11 is 0. The third-order valence-corrected chi connectivity index (χ3v) is 6.90. The molecule has 6 heteroatoms. The number of Topliss-reactive ketones (excluding diaryl/α,β-unsaturated/α-hetero) is 1. The van der Waals surface area contributed by atoms with Crippen molar-refractivity contribution >= 4 is 28.4 Å². The van der Waals surface area contributed by atoms with Crippen LogP contribution in [0.5, 0.6) is 5.75 Å². The van der Waals surface area contributed by atoms with Gasteiger partial charge in [0.15, 0.2) is 0 Å². The molecule has 1 aromatic heterocycles. The number of ketones is 1. The minimum atomic E-state index is -0.678. The number of aryl methyl sites for hydroxylation is 1. The van der Waals surface area contributed by atoms with Gasteiger partial charge in [-0.1, -0.05) is 49.4 Å². The number of nitrogens with zero attached hydrogens (tertiary/aromatic N) is 1. The van der Waals surface area contributed by atoms with Crippen LogP contribution in [-0.2, 0) is 22.4 Å². The Labute approximate surface area is 209 Å². The Hall–Kier alpha value is -4.32. The van der Waals surface area contributed by atoms with E-state index < -0.39 is 17.7 Å². The normalized spacial score (nSPS) is 17.2. The Morgan fingerprint density at radius 2 is 1.72 bits per heavy atom. The number of aromatic amines is 1. The number of fused-ring (bicyclic) bond motifs is 1. The summed E-state index contributed by atoms with van der Waals surface area (Å²) in [6.07, 6.45) is 3.40. The third-order valence-electron chi connectivity index (χ3n) is 6.90. The maximum Gasteiger partial charge on any atom is 0.295 e. The predicted molar refractivity (Wildman–Crippen MR) is 140 cm³/mol. The standard InChI is InChI=1S/C30H28N2O4/c1-3-19-8-10-20(11-9-19)27-26(28(33)21-12-14-23(36-2)15-13-21)29(34)30(35)32(27)17-16-22-18-31-25-7-5-4-6-24(22)25/h4-15,18,27,31,33H,3,16-17H2,1-2H3/b28-26-. The first-order valence-corrected chi connectivity index (χ1v) is 12.1. The first kappa shape index (κ1) is 23.4. The van der Waals surface area contributed by atoms with Gasteiger partial charge in [-0.3, -0.25) is 9.59 Å². The number of carbonyl (C=O) groups excluding carboxylic acids is 2. The van der Waals surface area contributed by atoms with Gasteiger partial charge < -0.3 is 19.7 Å². The maximum atomic E-state index is 13.3. The van der Waals surface area contributed by atoms with E-state index in [1.54, 1.807) is 36.3 Å². The van der Waals surface area contributed by atoms with E-state index in [1.807, 2.05) is 54.7 Å². The Kier molecular flexibility index (Phi) is 6.34. The number of methoxy groups -OCH3 is 1. The topological polar surface area (TPSA) is 82.6 Å². The van der Waals surface area contributed by atoms with Crippen molar-refractivity contribution < 1.29 is 19.4 Å². The SMILES string of the molecule is CCc1ccc(C2/C(=C(/O)c3ccc(OC)cc3)C(=O)C(=O)N2CCc2c[nH]c3ccccc23)cc1. The molecule has 0 bridgehead atoms. The van der Waals surface area contributed by atoms with E-state index in [-0.39, 0.29) is 11.3 Å². The lowest BCUT2D eigenvalue weighted by atomic mass is 9.94. The molecule has 182 valence electrons. The van der Waals surface area contributed by atoms with E-state index in [1.165, 1.54) is 0 Å². The number of aliphatic hydroxyl groups excluding tert-OH is 1. The largest absolute Gasteiger partial charge is 0.507 e. The molecule has 6 nitrogen and oxygen atoms in total. The second-order valence-corrected chi connectivity index (χ2v) is 8.93. The van der Waals surface area contributed by atoms with Crippen LogP contribution in [0.1, 0.15) is 35.2 Å². The highest BCUT2D eigenvalue weighted by atomic mass is 16.5. The molecule has 1 unspecified atom stereocenters. The number of hydrogen-bond donors (Lipinski definition) is 2. The monoisotopic (exact) mass is 480 g/mol. The van der Waals surface area contributed by atoms with Crippen LogP contribution in [0.2, 0.25) is 0 Å². The highest BCUT2D eigenvalue weighted by molar-refractivity contribution is 6.46. The molecule has 1 atom stereocenters. The van der Waals surface area contributed by atoms with Crippen molar-refractivity contribution in [2.24, 2.45) is 0 Å². The van der Waals surface area contributed by atoms with Crippen molar-refractivity contribution in [3.05, 3.63) is 107 Å². The second kappa shape index (κ2) is 9.74. The number of H-pyrrole nitrogens is 1. The highest BCUT2D eigenvalue weighted by Crippen LogP contribution is 2.40. The summed E-state index contributed by atoms with van der Waals surface area (Å²) in [5.74, 6) is -0.825. The molecule has 5 rings (SSSR count). The number of likely N-dealkylation sites (tertiary alicyclic amines) is 1. The van der Waals surface area contributed by atoms with Crippen LogP contribution in [0.4, 0.5) is 0 Å².